The maximum atomic E-state index is 11.6. The predicted octanol–water partition coefficient (Wildman–Crippen LogP) is 2.20. The van der Waals surface area contributed by atoms with E-state index in [-0.39, 0.29) is 0 Å². The monoisotopic (exact) mass is 296 g/mol. The van der Waals surface area contributed by atoms with Gasteiger partial charge in [-0.25, -0.2) is 8.42 Å². The van der Waals surface area contributed by atoms with Crippen LogP contribution in [-0.4, -0.2) is 45.2 Å². The maximum absolute atomic E-state index is 11.6. The molecule has 0 saturated carbocycles. The standard InChI is InChI=1S/C15H24N2O2S/c1-12(2)14-7-5-6-13(3)15(14)16-8-10-17(11-9-16)20(4,18)19/h5-7,12H,8-11H2,1-4H3. The van der Waals surface area contributed by atoms with Gasteiger partial charge in [-0.15, -0.1) is 0 Å². The molecule has 2 rings (SSSR count). The van der Waals surface area contributed by atoms with Crippen LogP contribution in [0.1, 0.15) is 30.9 Å². The van der Waals surface area contributed by atoms with Crippen molar-refractivity contribution in [2.75, 3.05) is 37.3 Å². The van der Waals surface area contributed by atoms with E-state index >= 15 is 0 Å². The van der Waals surface area contributed by atoms with Crippen LogP contribution in [0.5, 0.6) is 0 Å². The van der Waals surface area contributed by atoms with E-state index in [1.807, 2.05) is 0 Å². The molecule has 1 heterocycles. The zero-order valence-electron chi connectivity index (χ0n) is 12.8. The number of benzene rings is 1. The van der Waals surface area contributed by atoms with Crippen LogP contribution in [-0.2, 0) is 10.0 Å². The Bertz CT molecular complexity index is 574. The highest BCUT2D eigenvalue weighted by Crippen LogP contribution is 2.31. The van der Waals surface area contributed by atoms with Crippen molar-refractivity contribution < 1.29 is 8.42 Å². The smallest absolute Gasteiger partial charge is 0.211 e. The number of sulfonamides is 1. The molecule has 4 nitrogen and oxygen atoms in total. The quantitative estimate of drug-likeness (QED) is 0.858. The van der Waals surface area contributed by atoms with Crippen LogP contribution in [0.15, 0.2) is 18.2 Å². The first-order chi connectivity index (χ1) is 9.30. The number of para-hydroxylation sites is 1. The van der Waals surface area contributed by atoms with E-state index in [1.165, 1.54) is 23.1 Å². The summed E-state index contributed by atoms with van der Waals surface area (Å²) in [5.41, 5.74) is 3.90. The normalized spacial score (nSPS) is 17.8. The molecule has 1 aromatic carbocycles. The van der Waals surface area contributed by atoms with Gasteiger partial charge in [-0.2, -0.15) is 4.31 Å². The van der Waals surface area contributed by atoms with Gasteiger partial charge in [0.2, 0.25) is 10.0 Å². The molecule has 0 aliphatic carbocycles. The number of aryl methyl sites for hydroxylation is 1. The number of hydrogen-bond acceptors (Lipinski definition) is 3. The Morgan fingerprint density at radius 3 is 2.20 bits per heavy atom. The summed E-state index contributed by atoms with van der Waals surface area (Å²) >= 11 is 0. The summed E-state index contributed by atoms with van der Waals surface area (Å²) in [5, 5.41) is 0. The highest BCUT2D eigenvalue weighted by Gasteiger charge is 2.25. The van der Waals surface area contributed by atoms with Crippen LogP contribution >= 0.6 is 0 Å². The third kappa shape index (κ3) is 3.15. The molecule has 1 aliphatic heterocycles. The average Bonchev–Trinajstić information content (AvgIpc) is 2.37. The largest absolute Gasteiger partial charge is 0.368 e. The highest BCUT2D eigenvalue weighted by molar-refractivity contribution is 7.88. The Labute approximate surface area is 122 Å². The summed E-state index contributed by atoms with van der Waals surface area (Å²) in [6, 6.07) is 6.40. The van der Waals surface area contributed by atoms with Gasteiger partial charge >= 0.3 is 0 Å². The van der Waals surface area contributed by atoms with Crippen molar-refractivity contribution in [1.82, 2.24) is 4.31 Å². The molecule has 0 bridgehead atoms. The van der Waals surface area contributed by atoms with E-state index in [2.05, 4.69) is 43.9 Å². The van der Waals surface area contributed by atoms with Gasteiger partial charge in [-0.3, -0.25) is 0 Å². The third-order valence-electron chi connectivity index (χ3n) is 3.91. The Balaban J connectivity index is 2.23. The van der Waals surface area contributed by atoms with Crippen molar-refractivity contribution in [2.45, 2.75) is 26.7 Å². The van der Waals surface area contributed by atoms with Gasteiger partial charge in [-0.1, -0.05) is 32.0 Å². The van der Waals surface area contributed by atoms with E-state index < -0.39 is 10.0 Å². The van der Waals surface area contributed by atoms with Crippen molar-refractivity contribution in [3.63, 3.8) is 0 Å². The SMILES string of the molecule is Cc1cccc(C(C)C)c1N1CCN(S(C)(=O)=O)CC1. The fourth-order valence-corrected chi connectivity index (χ4v) is 3.65. The van der Waals surface area contributed by atoms with Gasteiger partial charge in [-0.05, 0) is 24.0 Å². The van der Waals surface area contributed by atoms with Crippen LogP contribution in [0, 0.1) is 6.92 Å². The molecule has 0 spiro atoms. The lowest BCUT2D eigenvalue weighted by Crippen LogP contribution is -2.48. The molecule has 0 N–H and O–H groups in total. The van der Waals surface area contributed by atoms with Gasteiger partial charge in [0.15, 0.2) is 0 Å². The fourth-order valence-electron chi connectivity index (χ4n) is 2.82. The molecule has 0 aromatic heterocycles. The van der Waals surface area contributed by atoms with E-state index in [0.717, 1.165) is 13.1 Å². The van der Waals surface area contributed by atoms with Crippen LogP contribution in [0.2, 0.25) is 0 Å². The second-order valence-corrected chi connectivity index (χ2v) is 7.80. The summed E-state index contributed by atoms with van der Waals surface area (Å²) < 4.78 is 24.7. The van der Waals surface area contributed by atoms with Crippen molar-refractivity contribution in [2.24, 2.45) is 0 Å². The first-order valence-electron chi connectivity index (χ1n) is 7.10. The topological polar surface area (TPSA) is 40.6 Å². The molecule has 20 heavy (non-hydrogen) atoms. The molecule has 112 valence electrons. The summed E-state index contributed by atoms with van der Waals surface area (Å²) in [6.07, 6.45) is 1.29. The summed E-state index contributed by atoms with van der Waals surface area (Å²) in [5.74, 6) is 0.470. The molecular formula is C15H24N2O2S. The molecular weight excluding hydrogens is 272 g/mol. The van der Waals surface area contributed by atoms with Crippen LogP contribution in [0.3, 0.4) is 0 Å². The van der Waals surface area contributed by atoms with Crippen LogP contribution < -0.4 is 4.90 Å². The van der Waals surface area contributed by atoms with Crippen molar-refractivity contribution in [3.8, 4) is 0 Å². The van der Waals surface area contributed by atoms with Gasteiger partial charge in [0.1, 0.15) is 0 Å². The molecule has 0 atom stereocenters. The minimum atomic E-state index is -3.06. The minimum absolute atomic E-state index is 0.470. The van der Waals surface area contributed by atoms with E-state index in [1.54, 1.807) is 4.31 Å². The second kappa shape index (κ2) is 5.74. The van der Waals surface area contributed by atoms with Gasteiger partial charge in [0, 0.05) is 31.9 Å². The highest BCUT2D eigenvalue weighted by atomic mass is 32.2. The van der Waals surface area contributed by atoms with Crippen molar-refractivity contribution >= 4 is 15.7 Å². The van der Waals surface area contributed by atoms with E-state index in [4.69, 9.17) is 0 Å². The molecule has 1 fully saturated rings. The molecule has 0 amide bonds. The number of nitrogens with zero attached hydrogens (tertiary/aromatic N) is 2. The van der Waals surface area contributed by atoms with Gasteiger partial charge in [0.25, 0.3) is 0 Å². The molecule has 1 aromatic rings. The fraction of sp³-hybridized carbons (Fsp3) is 0.600. The zero-order valence-corrected chi connectivity index (χ0v) is 13.6. The van der Waals surface area contributed by atoms with Gasteiger partial charge in [0.05, 0.1) is 6.26 Å². The molecule has 0 unspecified atom stereocenters. The van der Waals surface area contributed by atoms with E-state index in [0.29, 0.717) is 19.0 Å². The number of hydrogen-bond donors (Lipinski definition) is 0. The Hall–Kier alpha value is -1.07. The Morgan fingerprint density at radius 2 is 1.70 bits per heavy atom. The zero-order chi connectivity index (χ0) is 14.9. The Morgan fingerprint density at radius 1 is 1.10 bits per heavy atom. The summed E-state index contributed by atoms with van der Waals surface area (Å²) in [7, 11) is -3.06. The number of rotatable bonds is 3. The lowest BCUT2D eigenvalue weighted by atomic mass is 9.97. The van der Waals surface area contributed by atoms with Crippen molar-refractivity contribution in [1.29, 1.82) is 0 Å². The second-order valence-electron chi connectivity index (χ2n) is 5.82. The Kier molecular flexibility index (Phi) is 4.39. The lowest BCUT2D eigenvalue weighted by molar-refractivity contribution is 0.387. The average molecular weight is 296 g/mol. The van der Waals surface area contributed by atoms with Crippen LogP contribution in [0.25, 0.3) is 0 Å². The first-order valence-corrected chi connectivity index (χ1v) is 8.95. The summed E-state index contributed by atoms with van der Waals surface area (Å²) in [6.45, 7) is 9.20. The lowest BCUT2D eigenvalue weighted by Gasteiger charge is -2.37. The molecule has 1 aliphatic rings. The molecule has 0 radical (unpaired) electrons. The molecule has 1 saturated heterocycles. The third-order valence-corrected chi connectivity index (χ3v) is 5.22. The number of piperazine rings is 1. The molecule has 5 heteroatoms. The first kappa shape index (κ1) is 15.3. The van der Waals surface area contributed by atoms with Gasteiger partial charge < -0.3 is 4.90 Å². The van der Waals surface area contributed by atoms with Crippen LogP contribution in [0.4, 0.5) is 5.69 Å². The number of anilines is 1. The minimum Gasteiger partial charge on any atom is -0.368 e. The van der Waals surface area contributed by atoms with Crippen molar-refractivity contribution in [3.05, 3.63) is 29.3 Å². The maximum Gasteiger partial charge on any atom is 0.211 e. The summed E-state index contributed by atoms with van der Waals surface area (Å²) in [4.78, 5) is 2.33. The van der Waals surface area contributed by atoms with E-state index in [9.17, 15) is 8.42 Å². The predicted molar refractivity (Wildman–Crippen MR) is 83.9 cm³/mol.